The van der Waals surface area contributed by atoms with Crippen molar-refractivity contribution in [3.8, 4) is 5.75 Å². The van der Waals surface area contributed by atoms with Crippen molar-refractivity contribution >= 4 is 23.4 Å². The van der Waals surface area contributed by atoms with Gasteiger partial charge in [0.05, 0.1) is 17.2 Å². The van der Waals surface area contributed by atoms with E-state index in [1.807, 2.05) is 6.92 Å². The van der Waals surface area contributed by atoms with E-state index in [1.165, 1.54) is 32.1 Å². The number of aliphatic hydroxyl groups excluding tert-OH is 1. The molecule has 2 aliphatic heterocycles. The summed E-state index contributed by atoms with van der Waals surface area (Å²) in [6.45, 7) is 6.42. The van der Waals surface area contributed by atoms with Crippen LogP contribution in [0.3, 0.4) is 0 Å². The SMILES string of the molecule is CC[C@@H]1C=C[C@H](O)[C@H](C)OC(=O)/C(C)=C/[C@@H]2C(=O)NC3=CC(=O)c4c(cc(C)c(O)c4C(=O)CC1)[C@@]32O. The summed E-state index contributed by atoms with van der Waals surface area (Å²) < 4.78 is 5.39. The quantitative estimate of drug-likeness (QED) is 0.333. The zero-order chi connectivity index (χ0) is 27.2. The maximum atomic E-state index is 13.4. The molecular weight excluding hydrogens is 478 g/mol. The summed E-state index contributed by atoms with van der Waals surface area (Å²) in [6.07, 6.45) is 4.60. The topological polar surface area (TPSA) is 150 Å². The van der Waals surface area contributed by atoms with E-state index >= 15 is 0 Å². The molecule has 3 aliphatic rings. The van der Waals surface area contributed by atoms with Crippen LogP contribution < -0.4 is 5.32 Å². The third-order valence-corrected chi connectivity index (χ3v) is 7.46. The number of ketones is 2. The van der Waals surface area contributed by atoms with Crippen LogP contribution in [0.1, 0.15) is 71.9 Å². The predicted octanol–water partition coefficient (Wildman–Crippen LogP) is 2.51. The van der Waals surface area contributed by atoms with Crippen LogP contribution in [0.2, 0.25) is 0 Å². The van der Waals surface area contributed by atoms with Gasteiger partial charge in [0.15, 0.2) is 11.6 Å². The van der Waals surface area contributed by atoms with Gasteiger partial charge in [0.2, 0.25) is 5.91 Å². The van der Waals surface area contributed by atoms with Crippen LogP contribution in [0.25, 0.3) is 0 Å². The highest BCUT2D eigenvalue weighted by atomic mass is 16.6. The number of hydrogen-bond donors (Lipinski definition) is 4. The van der Waals surface area contributed by atoms with Crippen molar-refractivity contribution in [2.75, 3.05) is 0 Å². The highest BCUT2D eigenvalue weighted by Crippen LogP contribution is 2.49. The number of hydrogen-bond acceptors (Lipinski definition) is 8. The van der Waals surface area contributed by atoms with E-state index in [4.69, 9.17) is 4.74 Å². The van der Waals surface area contributed by atoms with Crippen LogP contribution in [0.15, 0.2) is 41.6 Å². The van der Waals surface area contributed by atoms with Gasteiger partial charge in [-0.1, -0.05) is 25.2 Å². The van der Waals surface area contributed by atoms with Crippen LogP contribution in [-0.4, -0.2) is 51.0 Å². The number of Topliss-reactive ketones (excluding diaryl/α,β-unsaturated/α-hetero) is 1. The maximum Gasteiger partial charge on any atom is 0.333 e. The fraction of sp³-hybridized carbons (Fsp3) is 0.429. The van der Waals surface area contributed by atoms with Gasteiger partial charge in [0.1, 0.15) is 23.6 Å². The molecule has 196 valence electrons. The number of aromatic hydroxyl groups is 1. The number of esters is 1. The highest BCUT2D eigenvalue weighted by molar-refractivity contribution is 6.17. The van der Waals surface area contributed by atoms with Gasteiger partial charge in [-0.3, -0.25) is 14.4 Å². The molecule has 5 atom stereocenters. The van der Waals surface area contributed by atoms with Crippen molar-refractivity contribution in [1.82, 2.24) is 5.32 Å². The number of phenolic OH excluding ortho intramolecular Hbond substituents is 1. The van der Waals surface area contributed by atoms with E-state index in [2.05, 4.69) is 5.32 Å². The maximum absolute atomic E-state index is 13.4. The molecule has 4 N–H and O–H groups in total. The average Bonchev–Trinajstić information content (AvgIpc) is 3.09. The lowest BCUT2D eigenvalue weighted by Crippen LogP contribution is -2.39. The van der Waals surface area contributed by atoms with Gasteiger partial charge in [-0.25, -0.2) is 4.79 Å². The number of allylic oxidation sites excluding steroid dienone is 2. The second kappa shape index (κ2) is 9.72. The first kappa shape index (κ1) is 26.5. The summed E-state index contributed by atoms with van der Waals surface area (Å²) in [5, 5.41) is 35.8. The number of carbonyl (C=O) groups is 4. The summed E-state index contributed by atoms with van der Waals surface area (Å²) in [4.78, 5) is 52.4. The van der Waals surface area contributed by atoms with E-state index in [9.17, 15) is 34.5 Å². The van der Waals surface area contributed by atoms with E-state index in [0.717, 1.165) is 6.08 Å². The van der Waals surface area contributed by atoms with Gasteiger partial charge < -0.3 is 25.4 Å². The molecule has 0 aromatic heterocycles. The van der Waals surface area contributed by atoms with Gasteiger partial charge in [-0.2, -0.15) is 0 Å². The van der Waals surface area contributed by atoms with E-state index in [-0.39, 0.29) is 51.6 Å². The van der Waals surface area contributed by atoms with Crippen LogP contribution in [0.5, 0.6) is 5.75 Å². The highest BCUT2D eigenvalue weighted by Gasteiger charge is 2.55. The Morgan fingerprint density at radius 1 is 1.14 bits per heavy atom. The zero-order valence-corrected chi connectivity index (χ0v) is 21.2. The van der Waals surface area contributed by atoms with Gasteiger partial charge in [0, 0.05) is 29.2 Å². The number of aryl methyl sites for hydroxylation is 1. The average molecular weight is 510 g/mol. The number of aliphatic hydroxyl groups is 2. The summed E-state index contributed by atoms with van der Waals surface area (Å²) in [6, 6.07) is 1.39. The summed E-state index contributed by atoms with van der Waals surface area (Å²) in [5.74, 6) is -4.33. The Kier molecular flexibility index (Phi) is 6.96. The zero-order valence-electron chi connectivity index (χ0n) is 21.2. The van der Waals surface area contributed by atoms with Crippen LogP contribution in [0, 0.1) is 18.8 Å². The molecule has 0 radical (unpaired) electrons. The first-order valence-electron chi connectivity index (χ1n) is 12.4. The van der Waals surface area contributed by atoms with Gasteiger partial charge in [-0.15, -0.1) is 0 Å². The minimum atomic E-state index is -2.08. The monoisotopic (exact) mass is 509 g/mol. The molecule has 1 aromatic rings. The first-order valence-corrected chi connectivity index (χ1v) is 12.4. The number of nitrogens with one attached hydrogen (secondary N) is 1. The Morgan fingerprint density at radius 3 is 2.51 bits per heavy atom. The smallest absolute Gasteiger partial charge is 0.333 e. The van der Waals surface area contributed by atoms with Crippen molar-refractivity contribution < 1.29 is 39.2 Å². The van der Waals surface area contributed by atoms with Crippen molar-refractivity contribution in [3.05, 3.63) is 63.9 Å². The molecule has 9 heteroatoms. The fourth-order valence-electron chi connectivity index (χ4n) is 5.11. The first-order chi connectivity index (χ1) is 17.4. The largest absolute Gasteiger partial charge is 0.507 e. The van der Waals surface area contributed by atoms with Crippen molar-refractivity contribution in [2.45, 2.75) is 64.8 Å². The molecule has 1 fully saturated rings. The Balaban J connectivity index is 1.95. The summed E-state index contributed by atoms with van der Waals surface area (Å²) in [7, 11) is 0. The standard InChI is InChI=1S/C28H31NO8/c1-5-16-6-8-19(30)15(4)37-27(35)14(3)11-18-26(34)29-22-12-21(32)23-17(28(18,22)36)10-13(2)25(33)24(23)20(31)9-7-16/h6,8,10-12,15-16,18-19,30,33,36H,5,7,9H2,1-4H3,(H,29,34)/b8-6?,14-11+/t15-,16+,18+,19-,28-/m0/s1. The van der Waals surface area contributed by atoms with Crippen molar-refractivity contribution in [2.24, 2.45) is 11.8 Å². The molecule has 0 unspecified atom stereocenters. The summed E-state index contributed by atoms with van der Waals surface area (Å²) >= 11 is 0. The second-order valence-electron chi connectivity index (χ2n) is 9.96. The lowest BCUT2D eigenvalue weighted by molar-refractivity contribution is -0.147. The predicted molar refractivity (Wildman–Crippen MR) is 133 cm³/mol. The Hall–Kier alpha value is -3.56. The molecule has 1 aromatic carbocycles. The third-order valence-electron chi connectivity index (χ3n) is 7.46. The lowest BCUT2D eigenvalue weighted by Gasteiger charge is -2.34. The molecule has 1 saturated heterocycles. The molecule has 1 amide bonds. The molecule has 0 saturated carbocycles. The van der Waals surface area contributed by atoms with Gasteiger partial charge >= 0.3 is 5.97 Å². The normalized spacial score (nSPS) is 31.7. The van der Waals surface area contributed by atoms with Crippen LogP contribution in [0.4, 0.5) is 0 Å². The van der Waals surface area contributed by atoms with Crippen molar-refractivity contribution in [1.29, 1.82) is 0 Å². The molecular formula is C28H31NO8. The van der Waals surface area contributed by atoms with Crippen LogP contribution in [-0.2, 0) is 19.9 Å². The Labute approximate surface area is 214 Å². The number of ether oxygens (including phenoxy) is 1. The van der Waals surface area contributed by atoms with Crippen LogP contribution >= 0.6 is 0 Å². The molecule has 0 spiro atoms. The minimum Gasteiger partial charge on any atom is -0.507 e. The molecule has 4 rings (SSSR count). The van der Waals surface area contributed by atoms with E-state index < -0.39 is 47.2 Å². The number of amides is 1. The molecule has 37 heavy (non-hydrogen) atoms. The molecule has 4 bridgehead atoms. The second-order valence-corrected chi connectivity index (χ2v) is 9.96. The van der Waals surface area contributed by atoms with Crippen molar-refractivity contribution in [3.63, 3.8) is 0 Å². The number of benzene rings is 1. The van der Waals surface area contributed by atoms with E-state index in [0.29, 0.717) is 12.8 Å². The number of phenols is 1. The Morgan fingerprint density at radius 2 is 1.84 bits per heavy atom. The van der Waals surface area contributed by atoms with E-state index in [1.54, 1.807) is 13.0 Å². The number of carbonyl (C=O) groups excluding carboxylic acids is 4. The third kappa shape index (κ3) is 4.42. The number of cyclic esters (lactones) is 1. The molecule has 1 aliphatic carbocycles. The van der Waals surface area contributed by atoms with Gasteiger partial charge in [0.25, 0.3) is 0 Å². The Bertz CT molecular complexity index is 1290. The summed E-state index contributed by atoms with van der Waals surface area (Å²) in [5.41, 5.74) is -2.23. The van der Waals surface area contributed by atoms with Gasteiger partial charge in [-0.05, 0) is 51.2 Å². The fourth-order valence-corrected chi connectivity index (χ4v) is 5.11. The molecule has 2 heterocycles. The molecule has 9 nitrogen and oxygen atoms in total. The number of rotatable bonds is 1. The minimum absolute atomic E-state index is 0.00512. The lowest BCUT2D eigenvalue weighted by atomic mass is 9.72.